The smallest absolute Gasteiger partial charge is 0.259 e. The zero-order valence-corrected chi connectivity index (χ0v) is 17.0. The van der Waals surface area contributed by atoms with Gasteiger partial charge in [0.05, 0.1) is 28.0 Å². The monoisotopic (exact) mass is 398 g/mol. The lowest BCUT2D eigenvalue weighted by Gasteiger charge is -2.15. The maximum Gasteiger partial charge on any atom is 0.259 e. The molecule has 1 amide bonds. The van der Waals surface area contributed by atoms with Crippen LogP contribution in [0.5, 0.6) is 0 Å². The average molecular weight is 398 g/mol. The average Bonchev–Trinajstić information content (AvgIpc) is 3.05. The number of carbonyl (C=O) groups is 1. The van der Waals surface area contributed by atoms with Crippen LogP contribution < -0.4 is 5.32 Å². The molecular weight excluding hydrogens is 376 g/mol. The first-order valence-corrected chi connectivity index (χ1v) is 10.1. The number of amides is 1. The van der Waals surface area contributed by atoms with Crippen LogP contribution in [-0.2, 0) is 10.0 Å². The molecule has 0 saturated carbocycles. The minimum Gasteiger partial charge on any atom is -0.322 e. The van der Waals surface area contributed by atoms with Crippen molar-refractivity contribution in [2.45, 2.75) is 18.7 Å². The van der Waals surface area contributed by atoms with Crippen molar-refractivity contribution in [3.63, 3.8) is 0 Å². The van der Waals surface area contributed by atoms with Crippen LogP contribution in [0.15, 0.2) is 59.6 Å². The summed E-state index contributed by atoms with van der Waals surface area (Å²) in [7, 11) is -0.658. The minimum absolute atomic E-state index is 0.159. The number of para-hydroxylation sites is 1. The number of aryl methyl sites for hydroxylation is 1. The van der Waals surface area contributed by atoms with Crippen molar-refractivity contribution in [1.82, 2.24) is 14.1 Å². The highest BCUT2D eigenvalue weighted by atomic mass is 32.2. The maximum absolute atomic E-state index is 12.7. The normalized spacial score (nSPS) is 11.6. The lowest BCUT2D eigenvalue weighted by atomic mass is 10.2. The van der Waals surface area contributed by atoms with E-state index in [2.05, 4.69) is 10.4 Å². The first kappa shape index (κ1) is 19.8. The highest BCUT2D eigenvalue weighted by molar-refractivity contribution is 7.89. The second-order valence-corrected chi connectivity index (χ2v) is 8.73. The molecule has 0 aliphatic carbocycles. The molecule has 0 aliphatic rings. The number of nitrogens with one attached hydrogen (secondary N) is 1. The van der Waals surface area contributed by atoms with Gasteiger partial charge in [0.1, 0.15) is 0 Å². The molecule has 28 heavy (non-hydrogen) atoms. The highest BCUT2D eigenvalue weighted by Gasteiger charge is 2.21. The summed E-state index contributed by atoms with van der Waals surface area (Å²) in [4.78, 5) is 12.9. The molecule has 146 valence electrons. The van der Waals surface area contributed by atoms with E-state index in [-0.39, 0.29) is 10.8 Å². The fourth-order valence-corrected chi connectivity index (χ4v) is 3.96. The summed E-state index contributed by atoms with van der Waals surface area (Å²) in [5.74, 6) is -0.350. The van der Waals surface area contributed by atoms with Gasteiger partial charge in [-0.05, 0) is 43.7 Å². The molecule has 3 rings (SSSR count). The molecule has 3 aromatic rings. The molecule has 0 bridgehead atoms. The number of hydrogen-bond acceptors (Lipinski definition) is 4. The van der Waals surface area contributed by atoms with Gasteiger partial charge in [0.25, 0.3) is 5.91 Å². The van der Waals surface area contributed by atoms with E-state index in [1.54, 1.807) is 23.7 Å². The van der Waals surface area contributed by atoms with Crippen LogP contribution in [0.25, 0.3) is 5.69 Å². The standard InChI is InChI=1S/C20H22N4O3S/c1-14-10-11-16(12-19(14)28(26,27)23(3)4)22-20(25)18-13-21-24(15(18)2)17-8-6-5-7-9-17/h5-13H,1-4H3,(H,22,25). The maximum atomic E-state index is 12.7. The Morgan fingerprint density at radius 3 is 2.39 bits per heavy atom. The van der Waals surface area contributed by atoms with Crippen molar-refractivity contribution in [3.05, 3.63) is 71.5 Å². The predicted molar refractivity (Wildman–Crippen MR) is 108 cm³/mol. The second-order valence-electron chi connectivity index (χ2n) is 6.61. The summed E-state index contributed by atoms with van der Waals surface area (Å²) in [5, 5.41) is 7.06. The molecule has 0 spiro atoms. The molecule has 0 atom stereocenters. The van der Waals surface area contributed by atoms with Gasteiger partial charge >= 0.3 is 0 Å². The largest absolute Gasteiger partial charge is 0.322 e. The Labute approximate surface area is 164 Å². The zero-order valence-electron chi connectivity index (χ0n) is 16.2. The summed E-state index contributed by atoms with van der Waals surface area (Å²) < 4.78 is 27.8. The van der Waals surface area contributed by atoms with E-state index in [1.165, 1.54) is 26.4 Å². The molecule has 0 aliphatic heterocycles. The van der Waals surface area contributed by atoms with Crippen LogP contribution in [-0.4, -0.2) is 42.5 Å². The number of aromatic nitrogens is 2. The minimum atomic E-state index is -3.61. The van der Waals surface area contributed by atoms with Gasteiger partial charge < -0.3 is 5.32 Å². The third-order valence-corrected chi connectivity index (χ3v) is 6.42. The molecule has 0 saturated heterocycles. The van der Waals surface area contributed by atoms with Crippen LogP contribution in [0.2, 0.25) is 0 Å². The number of nitrogens with zero attached hydrogens (tertiary/aromatic N) is 3. The van der Waals surface area contributed by atoms with E-state index in [4.69, 9.17) is 0 Å². The number of benzene rings is 2. The number of rotatable bonds is 5. The van der Waals surface area contributed by atoms with Crippen molar-refractivity contribution in [2.24, 2.45) is 0 Å². The van der Waals surface area contributed by atoms with Crippen LogP contribution >= 0.6 is 0 Å². The molecule has 0 fully saturated rings. The van der Waals surface area contributed by atoms with Crippen LogP contribution in [0.4, 0.5) is 5.69 Å². The number of sulfonamides is 1. The highest BCUT2D eigenvalue weighted by Crippen LogP contribution is 2.23. The fraction of sp³-hybridized carbons (Fsp3) is 0.200. The van der Waals surface area contributed by atoms with Crippen LogP contribution in [0, 0.1) is 13.8 Å². The van der Waals surface area contributed by atoms with Crippen LogP contribution in [0.3, 0.4) is 0 Å². The van der Waals surface area contributed by atoms with E-state index in [0.717, 1.165) is 9.99 Å². The van der Waals surface area contributed by atoms with Gasteiger partial charge in [-0.2, -0.15) is 5.10 Å². The molecule has 8 heteroatoms. The quantitative estimate of drug-likeness (QED) is 0.716. The second kappa shape index (κ2) is 7.57. The Bertz CT molecular complexity index is 1120. The third kappa shape index (κ3) is 3.69. The molecule has 1 aromatic heterocycles. The van der Waals surface area contributed by atoms with E-state index < -0.39 is 10.0 Å². The van der Waals surface area contributed by atoms with Gasteiger partial charge in [0.2, 0.25) is 10.0 Å². The van der Waals surface area contributed by atoms with Crippen molar-refractivity contribution >= 4 is 21.6 Å². The Hall–Kier alpha value is -2.97. The molecule has 0 radical (unpaired) electrons. The topological polar surface area (TPSA) is 84.3 Å². The van der Waals surface area contributed by atoms with E-state index in [1.807, 2.05) is 37.3 Å². The predicted octanol–water partition coefficient (Wildman–Crippen LogP) is 2.99. The Kier molecular flexibility index (Phi) is 5.35. The van der Waals surface area contributed by atoms with Gasteiger partial charge in [0, 0.05) is 19.8 Å². The number of anilines is 1. The molecule has 7 nitrogen and oxygen atoms in total. The molecule has 1 heterocycles. The summed E-state index contributed by atoms with van der Waals surface area (Å²) in [6, 6.07) is 14.3. The Morgan fingerprint density at radius 2 is 1.75 bits per heavy atom. The van der Waals surface area contributed by atoms with E-state index in [0.29, 0.717) is 22.5 Å². The van der Waals surface area contributed by atoms with Gasteiger partial charge in [-0.15, -0.1) is 0 Å². The summed E-state index contributed by atoms with van der Waals surface area (Å²) in [5.41, 5.74) is 2.98. The molecular formula is C20H22N4O3S. The van der Waals surface area contributed by atoms with Crippen molar-refractivity contribution in [2.75, 3.05) is 19.4 Å². The fourth-order valence-electron chi connectivity index (χ4n) is 2.81. The molecule has 0 unspecified atom stereocenters. The number of carbonyl (C=O) groups excluding carboxylic acids is 1. The van der Waals surface area contributed by atoms with Gasteiger partial charge in [-0.1, -0.05) is 24.3 Å². The third-order valence-electron chi connectivity index (χ3n) is 4.46. The van der Waals surface area contributed by atoms with Crippen molar-refractivity contribution < 1.29 is 13.2 Å². The summed E-state index contributed by atoms with van der Waals surface area (Å²) in [6.07, 6.45) is 1.50. The van der Waals surface area contributed by atoms with Crippen molar-refractivity contribution in [3.8, 4) is 5.69 Å². The van der Waals surface area contributed by atoms with E-state index >= 15 is 0 Å². The SMILES string of the molecule is Cc1ccc(NC(=O)c2cnn(-c3ccccc3)c2C)cc1S(=O)(=O)N(C)C. The Morgan fingerprint density at radius 1 is 1.07 bits per heavy atom. The summed E-state index contributed by atoms with van der Waals surface area (Å²) >= 11 is 0. The lowest BCUT2D eigenvalue weighted by Crippen LogP contribution is -2.23. The van der Waals surface area contributed by atoms with Gasteiger partial charge in [-0.3, -0.25) is 4.79 Å². The summed E-state index contributed by atoms with van der Waals surface area (Å²) in [6.45, 7) is 3.53. The molecule has 2 aromatic carbocycles. The first-order chi connectivity index (χ1) is 13.2. The molecule has 1 N–H and O–H groups in total. The van der Waals surface area contributed by atoms with Gasteiger partial charge in [-0.25, -0.2) is 17.4 Å². The zero-order chi connectivity index (χ0) is 20.5. The lowest BCUT2D eigenvalue weighted by molar-refractivity contribution is 0.102. The van der Waals surface area contributed by atoms with Gasteiger partial charge in [0.15, 0.2) is 0 Å². The Balaban J connectivity index is 1.90. The number of hydrogen-bond donors (Lipinski definition) is 1. The first-order valence-electron chi connectivity index (χ1n) is 8.66. The van der Waals surface area contributed by atoms with Crippen molar-refractivity contribution in [1.29, 1.82) is 0 Å². The van der Waals surface area contributed by atoms with E-state index in [9.17, 15) is 13.2 Å². The van der Waals surface area contributed by atoms with Crippen LogP contribution in [0.1, 0.15) is 21.6 Å².